The molecule has 2 aliphatic carbocycles. The van der Waals surface area contributed by atoms with E-state index in [1.165, 1.54) is 16.9 Å². The molecule has 5 nitrogen and oxygen atoms in total. The highest BCUT2D eigenvalue weighted by atomic mass is 35.5. The number of nitrogens with zero attached hydrogens (tertiary/aromatic N) is 1. The summed E-state index contributed by atoms with van der Waals surface area (Å²) in [6.45, 7) is 0. The number of amides is 1. The van der Waals surface area contributed by atoms with Gasteiger partial charge in [0.15, 0.2) is 0 Å². The molecular weight excluding hydrogens is 462 g/mol. The van der Waals surface area contributed by atoms with Crippen molar-refractivity contribution in [1.29, 1.82) is 0 Å². The van der Waals surface area contributed by atoms with Gasteiger partial charge in [-0.25, -0.2) is 4.98 Å². The highest BCUT2D eigenvalue weighted by Crippen LogP contribution is 2.38. The van der Waals surface area contributed by atoms with Gasteiger partial charge in [-0.15, -0.1) is 11.3 Å². The van der Waals surface area contributed by atoms with Crippen LogP contribution in [0, 0.1) is 5.92 Å². The van der Waals surface area contributed by atoms with Crippen LogP contribution in [0.5, 0.6) is 0 Å². The summed E-state index contributed by atoms with van der Waals surface area (Å²) in [5.41, 5.74) is 2.31. The van der Waals surface area contributed by atoms with E-state index in [0.717, 1.165) is 47.9 Å². The molecule has 2 heterocycles. The molecule has 8 heteroatoms. The van der Waals surface area contributed by atoms with Gasteiger partial charge in [-0.2, -0.15) is 11.8 Å². The number of halogens is 1. The number of nitrogens with one attached hydrogen (secondary N) is 2. The van der Waals surface area contributed by atoms with E-state index in [4.69, 9.17) is 11.6 Å². The van der Waals surface area contributed by atoms with Crippen LogP contribution >= 0.6 is 34.7 Å². The molecule has 0 radical (unpaired) electrons. The molecule has 5 rings (SSSR count). The lowest BCUT2D eigenvalue weighted by Gasteiger charge is -2.34. The van der Waals surface area contributed by atoms with Crippen LogP contribution in [0.2, 0.25) is 5.02 Å². The van der Waals surface area contributed by atoms with Crippen LogP contribution < -0.4 is 10.9 Å². The first-order valence-corrected chi connectivity index (χ1v) is 13.6. The number of benzene rings is 1. The van der Waals surface area contributed by atoms with Crippen LogP contribution in [-0.2, 0) is 23.4 Å². The monoisotopic (exact) mass is 487 g/mol. The van der Waals surface area contributed by atoms with Crippen molar-refractivity contribution in [3.8, 4) is 0 Å². The molecule has 1 saturated carbocycles. The Kier molecular flexibility index (Phi) is 6.58. The Morgan fingerprint density at radius 1 is 1.25 bits per heavy atom. The number of thioether (sulfide) groups is 1. The number of hydrogen-bond donors (Lipinski definition) is 2. The molecule has 0 saturated heterocycles. The molecule has 168 valence electrons. The van der Waals surface area contributed by atoms with Crippen LogP contribution in [0.4, 0.5) is 0 Å². The summed E-state index contributed by atoms with van der Waals surface area (Å²) < 4.78 is 0. The van der Waals surface area contributed by atoms with E-state index in [9.17, 15) is 9.59 Å². The third-order valence-corrected chi connectivity index (χ3v) is 8.91. The van der Waals surface area contributed by atoms with Crippen molar-refractivity contribution in [3.63, 3.8) is 0 Å². The lowest BCUT2D eigenvalue weighted by atomic mass is 9.77. The van der Waals surface area contributed by atoms with Gasteiger partial charge >= 0.3 is 0 Å². The Balaban J connectivity index is 1.15. The second-order valence-corrected chi connectivity index (χ2v) is 11.3. The zero-order chi connectivity index (χ0) is 22.1. The molecule has 2 aromatic heterocycles. The van der Waals surface area contributed by atoms with Crippen LogP contribution in [0.25, 0.3) is 10.2 Å². The van der Waals surface area contributed by atoms with E-state index in [-0.39, 0.29) is 17.5 Å². The van der Waals surface area contributed by atoms with Crippen molar-refractivity contribution in [3.05, 3.63) is 61.5 Å². The average Bonchev–Trinajstić information content (AvgIpc) is 3.31. The topological polar surface area (TPSA) is 74.8 Å². The van der Waals surface area contributed by atoms with Crippen LogP contribution in [0.15, 0.2) is 29.1 Å². The predicted octanol–water partition coefficient (Wildman–Crippen LogP) is 5.41. The standard InChI is InChI=1S/C24H26ClN3O2S2/c25-16-9-7-15(8-10-16)22(14-3-1-4-14)28-20(29)11-12-31-13-19-26-23(30)21-17-5-2-6-18(17)32-24(21)27-19/h7-10,14,22H,1-6,11-13H2,(H,28,29)(H,26,27,30). The first-order valence-electron chi connectivity index (χ1n) is 11.2. The zero-order valence-electron chi connectivity index (χ0n) is 17.8. The summed E-state index contributed by atoms with van der Waals surface area (Å²) in [4.78, 5) is 35.0. The van der Waals surface area contributed by atoms with Crippen molar-refractivity contribution in [2.75, 3.05) is 5.75 Å². The normalized spacial score (nSPS) is 16.7. The van der Waals surface area contributed by atoms with Gasteiger partial charge in [0, 0.05) is 22.1 Å². The summed E-state index contributed by atoms with van der Waals surface area (Å²) in [6, 6.07) is 7.85. The quantitative estimate of drug-likeness (QED) is 0.417. The van der Waals surface area contributed by atoms with Gasteiger partial charge in [0.1, 0.15) is 10.7 Å². The Bertz CT molecular complexity index is 1180. The fourth-order valence-corrected chi connectivity index (χ4v) is 6.82. The molecule has 2 N–H and O–H groups in total. The van der Waals surface area contributed by atoms with Crippen LogP contribution in [0.3, 0.4) is 0 Å². The number of thiophene rings is 1. The molecule has 0 spiro atoms. The van der Waals surface area contributed by atoms with Crippen LogP contribution in [-0.4, -0.2) is 21.6 Å². The highest BCUT2D eigenvalue weighted by molar-refractivity contribution is 7.98. The molecule has 32 heavy (non-hydrogen) atoms. The maximum absolute atomic E-state index is 12.6. The molecule has 0 aliphatic heterocycles. The predicted molar refractivity (Wildman–Crippen MR) is 133 cm³/mol. The molecule has 3 aromatic rings. The van der Waals surface area contributed by atoms with Crippen molar-refractivity contribution < 1.29 is 4.79 Å². The number of rotatable bonds is 8. The minimum atomic E-state index is -0.0194. The van der Waals surface area contributed by atoms with E-state index in [2.05, 4.69) is 15.3 Å². The number of aromatic nitrogens is 2. The Morgan fingerprint density at radius 2 is 2.06 bits per heavy atom. The smallest absolute Gasteiger partial charge is 0.259 e. The fourth-order valence-electron chi connectivity index (χ4n) is 4.61. The van der Waals surface area contributed by atoms with Crippen LogP contribution in [0.1, 0.15) is 60.0 Å². The van der Waals surface area contributed by atoms with Crippen molar-refractivity contribution in [2.24, 2.45) is 5.92 Å². The number of aryl methyl sites for hydroxylation is 2. The van der Waals surface area contributed by atoms with Crippen molar-refractivity contribution >= 4 is 50.8 Å². The minimum Gasteiger partial charge on any atom is -0.349 e. The Labute approximate surface area is 200 Å². The number of carbonyl (C=O) groups excluding carboxylic acids is 1. The van der Waals surface area contributed by atoms with Gasteiger partial charge in [0.05, 0.1) is 17.2 Å². The van der Waals surface area contributed by atoms with Gasteiger partial charge in [-0.3, -0.25) is 9.59 Å². The zero-order valence-corrected chi connectivity index (χ0v) is 20.2. The minimum absolute atomic E-state index is 0.0194. The summed E-state index contributed by atoms with van der Waals surface area (Å²) in [5.74, 6) is 2.55. The van der Waals surface area contributed by atoms with E-state index >= 15 is 0 Å². The number of aromatic amines is 1. The molecule has 2 aliphatic rings. The molecule has 1 aromatic carbocycles. The van der Waals surface area contributed by atoms with E-state index in [0.29, 0.717) is 34.7 Å². The van der Waals surface area contributed by atoms with Gasteiger partial charge < -0.3 is 10.3 Å². The first kappa shape index (κ1) is 22.0. The summed E-state index contributed by atoms with van der Waals surface area (Å²) in [7, 11) is 0. The number of H-pyrrole nitrogens is 1. The maximum Gasteiger partial charge on any atom is 0.259 e. The SMILES string of the molecule is O=C(CCSCc1nc2sc3c(c2c(=O)[nH]1)CCC3)NC(c1ccc(Cl)cc1)C1CCC1. The molecular formula is C24H26ClN3O2S2. The first-order chi connectivity index (χ1) is 15.6. The second kappa shape index (κ2) is 9.57. The number of hydrogen-bond acceptors (Lipinski definition) is 5. The van der Waals surface area contributed by atoms with E-state index in [1.54, 1.807) is 23.1 Å². The number of fused-ring (bicyclic) bond motifs is 3. The Hall–Kier alpha value is -1.83. The molecule has 1 atom stereocenters. The molecule has 1 unspecified atom stereocenters. The number of carbonyl (C=O) groups is 1. The molecule has 1 amide bonds. The van der Waals surface area contributed by atoms with Gasteiger partial charge in [0.25, 0.3) is 5.56 Å². The van der Waals surface area contributed by atoms with Gasteiger partial charge in [-0.05, 0) is 61.3 Å². The van der Waals surface area contributed by atoms with E-state index < -0.39 is 0 Å². The lowest BCUT2D eigenvalue weighted by Crippen LogP contribution is -2.36. The summed E-state index contributed by atoms with van der Waals surface area (Å²) >= 11 is 9.32. The van der Waals surface area contributed by atoms with Gasteiger partial charge in [-0.1, -0.05) is 30.2 Å². The molecule has 0 bridgehead atoms. The fraction of sp³-hybridized carbons (Fsp3) is 0.458. The van der Waals surface area contributed by atoms with E-state index in [1.807, 2.05) is 24.3 Å². The van der Waals surface area contributed by atoms with Crippen molar-refractivity contribution in [2.45, 2.75) is 56.7 Å². The largest absolute Gasteiger partial charge is 0.349 e. The highest BCUT2D eigenvalue weighted by Gasteiger charge is 2.29. The third kappa shape index (κ3) is 4.61. The van der Waals surface area contributed by atoms with Gasteiger partial charge in [0.2, 0.25) is 5.91 Å². The lowest BCUT2D eigenvalue weighted by molar-refractivity contribution is -0.122. The third-order valence-electron chi connectivity index (χ3n) is 6.50. The maximum atomic E-state index is 12.6. The molecule has 1 fully saturated rings. The Morgan fingerprint density at radius 3 is 2.81 bits per heavy atom. The second-order valence-electron chi connectivity index (χ2n) is 8.64. The van der Waals surface area contributed by atoms with Crippen molar-refractivity contribution in [1.82, 2.24) is 15.3 Å². The summed E-state index contributed by atoms with van der Waals surface area (Å²) in [6.07, 6.45) is 7.15. The average molecular weight is 488 g/mol. The summed E-state index contributed by atoms with van der Waals surface area (Å²) in [5, 5.41) is 4.74.